The van der Waals surface area contributed by atoms with E-state index in [0.29, 0.717) is 0 Å². The van der Waals surface area contributed by atoms with Crippen LogP contribution in [0.2, 0.25) is 0 Å². The van der Waals surface area contributed by atoms with Gasteiger partial charge in [0, 0.05) is 0 Å². The SMILES string of the molecule is O=C(Cn1cc([N+](=O)[O-])cn1)NC[C@H](O)C(=O)O. The Hall–Kier alpha value is -2.49. The highest BCUT2D eigenvalue weighted by Crippen LogP contribution is 2.07. The fraction of sp³-hybridized carbons (Fsp3) is 0.375. The van der Waals surface area contributed by atoms with Crippen molar-refractivity contribution in [3.05, 3.63) is 22.5 Å². The molecule has 0 saturated heterocycles. The van der Waals surface area contributed by atoms with Crippen molar-refractivity contribution in [1.82, 2.24) is 15.1 Å². The number of carbonyl (C=O) groups excluding carboxylic acids is 1. The van der Waals surface area contributed by atoms with Crippen molar-refractivity contribution in [3.8, 4) is 0 Å². The third-order valence-electron chi connectivity index (χ3n) is 1.91. The first-order chi connectivity index (χ1) is 8.40. The van der Waals surface area contributed by atoms with Crippen LogP contribution < -0.4 is 5.32 Å². The highest BCUT2D eigenvalue weighted by Gasteiger charge is 2.15. The molecule has 1 amide bonds. The van der Waals surface area contributed by atoms with Crippen LogP contribution in [0.1, 0.15) is 0 Å². The standard InChI is InChI=1S/C8H10N4O6/c13-6(8(15)16)2-9-7(14)4-11-3-5(1-10-11)12(17)18/h1,3,6,13H,2,4H2,(H,9,14)(H,15,16)/t6-/m0/s1. The van der Waals surface area contributed by atoms with Crippen molar-refractivity contribution in [2.24, 2.45) is 0 Å². The summed E-state index contributed by atoms with van der Waals surface area (Å²) in [7, 11) is 0. The topological polar surface area (TPSA) is 148 Å². The molecule has 0 spiro atoms. The maximum atomic E-state index is 11.3. The maximum Gasteiger partial charge on any atom is 0.334 e. The van der Waals surface area contributed by atoms with Gasteiger partial charge in [-0.1, -0.05) is 0 Å². The number of carbonyl (C=O) groups is 2. The summed E-state index contributed by atoms with van der Waals surface area (Å²) < 4.78 is 1.03. The van der Waals surface area contributed by atoms with Crippen LogP contribution >= 0.6 is 0 Å². The van der Waals surface area contributed by atoms with E-state index in [4.69, 9.17) is 10.2 Å². The second kappa shape index (κ2) is 5.72. The minimum Gasteiger partial charge on any atom is -0.479 e. The number of aliphatic hydroxyl groups is 1. The molecule has 0 aliphatic rings. The Kier molecular flexibility index (Phi) is 4.32. The zero-order chi connectivity index (χ0) is 13.7. The summed E-state index contributed by atoms with van der Waals surface area (Å²) in [6.07, 6.45) is 0.355. The molecule has 0 bridgehead atoms. The van der Waals surface area contributed by atoms with Gasteiger partial charge in [0.1, 0.15) is 18.9 Å². The smallest absolute Gasteiger partial charge is 0.334 e. The first kappa shape index (κ1) is 13.6. The molecule has 1 atom stereocenters. The molecule has 0 aliphatic carbocycles. The second-order valence-corrected chi connectivity index (χ2v) is 3.31. The Labute approximate surface area is 100.0 Å². The second-order valence-electron chi connectivity index (χ2n) is 3.31. The van der Waals surface area contributed by atoms with Gasteiger partial charge in [0.05, 0.1) is 11.5 Å². The fourth-order valence-electron chi connectivity index (χ4n) is 1.03. The number of hydrogen-bond acceptors (Lipinski definition) is 6. The van der Waals surface area contributed by atoms with E-state index in [0.717, 1.165) is 17.1 Å². The number of amides is 1. The van der Waals surface area contributed by atoms with Crippen LogP contribution in [0.3, 0.4) is 0 Å². The molecule has 1 aromatic heterocycles. The molecule has 18 heavy (non-hydrogen) atoms. The molecule has 0 aliphatic heterocycles. The Morgan fingerprint density at radius 2 is 2.28 bits per heavy atom. The van der Waals surface area contributed by atoms with Crippen molar-refractivity contribution in [3.63, 3.8) is 0 Å². The molecule has 1 aromatic rings. The van der Waals surface area contributed by atoms with Crippen molar-refractivity contribution in [2.75, 3.05) is 6.54 Å². The molecular formula is C8H10N4O6. The number of aliphatic hydroxyl groups excluding tert-OH is 1. The predicted octanol–water partition coefficient (Wildman–Crippen LogP) is -1.65. The zero-order valence-electron chi connectivity index (χ0n) is 9.02. The molecule has 10 heteroatoms. The molecule has 1 rings (SSSR count). The molecule has 3 N–H and O–H groups in total. The fourth-order valence-corrected chi connectivity index (χ4v) is 1.03. The summed E-state index contributed by atoms with van der Waals surface area (Å²) in [6.45, 7) is -0.752. The Morgan fingerprint density at radius 3 is 2.78 bits per heavy atom. The lowest BCUT2D eigenvalue weighted by atomic mass is 10.3. The number of aromatic nitrogens is 2. The quantitative estimate of drug-likeness (QED) is 0.409. The summed E-state index contributed by atoms with van der Waals surface area (Å²) >= 11 is 0. The van der Waals surface area contributed by atoms with Crippen molar-refractivity contribution >= 4 is 17.6 Å². The third kappa shape index (κ3) is 3.83. The summed E-state index contributed by atoms with van der Waals surface area (Å²) in [5.74, 6) is -2.07. The van der Waals surface area contributed by atoms with Crippen LogP contribution in [0.15, 0.2) is 12.4 Å². The van der Waals surface area contributed by atoms with Gasteiger partial charge in [-0.05, 0) is 0 Å². The lowest BCUT2D eigenvalue weighted by Crippen LogP contribution is -2.38. The summed E-state index contributed by atoms with van der Waals surface area (Å²) in [4.78, 5) is 31.2. The van der Waals surface area contributed by atoms with Gasteiger partial charge in [0.15, 0.2) is 6.10 Å². The molecule has 1 heterocycles. The number of aliphatic carboxylic acids is 1. The van der Waals surface area contributed by atoms with Gasteiger partial charge in [-0.3, -0.25) is 19.6 Å². The van der Waals surface area contributed by atoms with E-state index < -0.39 is 29.4 Å². The van der Waals surface area contributed by atoms with E-state index in [2.05, 4.69) is 10.4 Å². The lowest BCUT2D eigenvalue weighted by molar-refractivity contribution is -0.385. The van der Waals surface area contributed by atoms with Crippen LogP contribution in [0.4, 0.5) is 5.69 Å². The van der Waals surface area contributed by atoms with Crippen LogP contribution in [-0.2, 0) is 16.1 Å². The molecule has 0 aromatic carbocycles. The van der Waals surface area contributed by atoms with E-state index in [-0.39, 0.29) is 12.2 Å². The van der Waals surface area contributed by atoms with Crippen molar-refractivity contribution in [2.45, 2.75) is 12.6 Å². The highest BCUT2D eigenvalue weighted by atomic mass is 16.6. The molecule has 10 nitrogen and oxygen atoms in total. The van der Waals surface area contributed by atoms with E-state index in [9.17, 15) is 19.7 Å². The molecule has 0 unspecified atom stereocenters. The predicted molar refractivity (Wildman–Crippen MR) is 55.5 cm³/mol. The number of rotatable bonds is 6. The van der Waals surface area contributed by atoms with Crippen LogP contribution in [0, 0.1) is 10.1 Å². The average molecular weight is 258 g/mol. The number of carboxylic acids is 1. The number of nitrogens with one attached hydrogen (secondary N) is 1. The molecule has 0 fully saturated rings. The van der Waals surface area contributed by atoms with E-state index in [1.807, 2.05) is 0 Å². The van der Waals surface area contributed by atoms with Gasteiger partial charge in [0.25, 0.3) is 0 Å². The Balaban J connectivity index is 2.44. The van der Waals surface area contributed by atoms with Crippen molar-refractivity contribution < 1.29 is 24.7 Å². The number of hydrogen-bond donors (Lipinski definition) is 3. The number of nitrogens with zero attached hydrogens (tertiary/aromatic N) is 3. The molecule has 0 radical (unpaired) electrons. The highest BCUT2D eigenvalue weighted by molar-refractivity contribution is 5.77. The minimum absolute atomic E-state index is 0.256. The van der Waals surface area contributed by atoms with Gasteiger partial charge in [0.2, 0.25) is 5.91 Å². The average Bonchev–Trinajstić information content (AvgIpc) is 2.74. The Morgan fingerprint density at radius 1 is 1.61 bits per heavy atom. The zero-order valence-corrected chi connectivity index (χ0v) is 9.02. The van der Waals surface area contributed by atoms with Crippen LogP contribution in [0.25, 0.3) is 0 Å². The van der Waals surface area contributed by atoms with E-state index >= 15 is 0 Å². The summed E-state index contributed by atoms with van der Waals surface area (Å²) in [5, 5.41) is 33.3. The van der Waals surface area contributed by atoms with Gasteiger partial charge >= 0.3 is 11.7 Å². The molecular weight excluding hydrogens is 248 g/mol. The minimum atomic E-state index is -1.69. The van der Waals surface area contributed by atoms with Gasteiger partial charge in [-0.15, -0.1) is 0 Å². The van der Waals surface area contributed by atoms with Gasteiger partial charge < -0.3 is 15.5 Å². The summed E-state index contributed by atoms with van der Waals surface area (Å²) in [6, 6.07) is 0. The summed E-state index contributed by atoms with van der Waals surface area (Å²) in [5.41, 5.74) is -0.256. The lowest BCUT2D eigenvalue weighted by Gasteiger charge is -2.07. The third-order valence-corrected chi connectivity index (χ3v) is 1.91. The van der Waals surface area contributed by atoms with Gasteiger partial charge in [-0.25, -0.2) is 4.79 Å². The van der Waals surface area contributed by atoms with Crippen LogP contribution in [-0.4, -0.2) is 49.4 Å². The Bertz CT molecular complexity index is 470. The van der Waals surface area contributed by atoms with Gasteiger partial charge in [-0.2, -0.15) is 5.10 Å². The van der Waals surface area contributed by atoms with Crippen LogP contribution in [0.5, 0.6) is 0 Å². The van der Waals surface area contributed by atoms with Crippen molar-refractivity contribution in [1.29, 1.82) is 0 Å². The first-order valence-corrected chi connectivity index (χ1v) is 4.74. The van der Waals surface area contributed by atoms with E-state index in [1.54, 1.807) is 0 Å². The largest absolute Gasteiger partial charge is 0.479 e. The monoisotopic (exact) mass is 258 g/mol. The molecule has 98 valence electrons. The molecule has 0 saturated carbocycles. The first-order valence-electron chi connectivity index (χ1n) is 4.74. The number of nitro groups is 1. The maximum absolute atomic E-state index is 11.3. The normalized spacial score (nSPS) is 11.8. The number of carboxylic acid groups (broad SMARTS) is 1. The van der Waals surface area contributed by atoms with E-state index in [1.165, 1.54) is 0 Å².